The third-order valence-electron chi connectivity index (χ3n) is 3.54. The number of amides is 1. The molecule has 2 aromatic rings. The van der Waals surface area contributed by atoms with Crippen LogP contribution in [0.4, 0.5) is 8.78 Å². The highest BCUT2D eigenvalue weighted by Crippen LogP contribution is 2.45. The normalized spacial score (nSPS) is 16.0. The summed E-state index contributed by atoms with van der Waals surface area (Å²) in [6.45, 7) is -2.75. The summed E-state index contributed by atoms with van der Waals surface area (Å²) in [5.74, 6) is -0.457. The Hall–Kier alpha value is -1.95. The average Bonchev–Trinajstić information content (AvgIpc) is 3.04. The lowest BCUT2D eigenvalue weighted by Crippen LogP contribution is -2.35. The number of benzene rings is 1. The topological polar surface area (TPSA) is 46.9 Å². The van der Waals surface area contributed by atoms with E-state index < -0.39 is 18.0 Å². The van der Waals surface area contributed by atoms with E-state index in [0.717, 1.165) is 24.6 Å². The van der Waals surface area contributed by atoms with Crippen molar-refractivity contribution in [3.8, 4) is 0 Å². The van der Waals surface area contributed by atoms with E-state index in [1.807, 2.05) is 12.1 Å². The van der Waals surface area contributed by atoms with E-state index in [9.17, 15) is 13.6 Å². The van der Waals surface area contributed by atoms with Crippen molar-refractivity contribution in [2.75, 3.05) is 0 Å². The standard InChI is InChI=1S/C14H12ClF2N3O/c15-10-3-1-9(2-4-10)14(6-7-14)18-12(21)11-5-8-20(19-11)13(16)17/h1-5,8,13H,6-7H2,(H,18,21). The molecule has 1 aromatic carbocycles. The zero-order valence-electron chi connectivity index (χ0n) is 10.9. The summed E-state index contributed by atoms with van der Waals surface area (Å²) in [6, 6.07) is 8.50. The van der Waals surface area contributed by atoms with Crippen LogP contribution >= 0.6 is 11.6 Å². The highest BCUT2D eigenvalue weighted by molar-refractivity contribution is 6.30. The Kier molecular flexibility index (Phi) is 3.41. The highest BCUT2D eigenvalue weighted by atomic mass is 35.5. The summed E-state index contributed by atoms with van der Waals surface area (Å²) >= 11 is 5.85. The van der Waals surface area contributed by atoms with Crippen LogP contribution in [0.3, 0.4) is 0 Å². The summed E-state index contributed by atoms with van der Waals surface area (Å²) in [4.78, 5) is 12.1. The fourth-order valence-electron chi connectivity index (χ4n) is 2.23. The second-order valence-corrected chi connectivity index (χ2v) is 5.44. The summed E-state index contributed by atoms with van der Waals surface area (Å²) in [7, 11) is 0. The first-order valence-electron chi connectivity index (χ1n) is 6.42. The lowest BCUT2D eigenvalue weighted by Gasteiger charge is -2.17. The van der Waals surface area contributed by atoms with E-state index in [2.05, 4.69) is 10.4 Å². The molecular weight excluding hydrogens is 300 g/mol. The number of hydrogen-bond acceptors (Lipinski definition) is 2. The molecule has 3 rings (SSSR count). The van der Waals surface area contributed by atoms with Gasteiger partial charge in [0.15, 0.2) is 0 Å². The van der Waals surface area contributed by atoms with Crippen molar-refractivity contribution in [2.24, 2.45) is 0 Å². The minimum absolute atomic E-state index is 0.0180. The molecule has 7 heteroatoms. The zero-order chi connectivity index (χ0) is 15.0. The molecule has 1 fully saturated rings. The van der Waals surface area contributed by atoms with Crippen molar-refractivity contribution in [1.29, 1.82) is 0 Å². The molecule has 1 aliphatic rings. The minimum atomic E-state index is -2.75. The molecule has 1 aliphatic carbocycles. The van der Waals surface area contributed by atoms with E-state index in [-0.39, 0.29) is 5.69 Å². The molecule has 4 nitrogen and oxygen atoms in total. The molecule has 1 amide bonds. The average molecular weight is 312 g/mol. The molecule has 1 heterocycles. The van der Waals surface area contributed by atoms with Gasteiger partial charge >= 0.3 is 6.55 Å². The van der Waals surface area contributed by atoms with Crippen LogP contribution < -0.4 is 5.32 Å². The Labute approximate surface area is 124 Å². The maximum absolute atomic E-state index is 12.5. The highest BCUT2D eigenvalue weighted by Gasteiger charge is 2.46. The van der Waals surface area contributed by atoms with Crippen molar-refractivity contribution in [3.05, 3.63) is 52.8 Å². The van der Waals surface area contributed by atoms with Crippen molar-refractivity contribution in [2.45, 2.75) is 24.9 Å². The first-order valence-corrected chi connectivity index (χ1v) is 6.80. The van der Waals surface area contributed by atoms with Gasteiger partial charge in [-0.3, -0.25) is 4.79 Å². The number of hydrogen-bond donors (Lipinski definition) is 1. The number of halogens is 3. The number of aromatic nitrogens is 2. The fraction of sp³-hybridized carbons (Fsp3) is 0.286. The zero-order valence-corrected chi connectivity index (χ0v) is 11.6. The Balaban J connectivity index is 1.76. The van der Waals surface area contributed by atoms with Crippen molar-refractivity contribution < 1.29 is 13.6 Å². The van der Waals surface area contributed by atoms with Crippen LogP contribution in [0.15, 0.2) is 36.5 Å². The molecule has 0 spiro atoms. The first kappa shape index (κ1) is 14.0. The molecule has 21 heavy (non-hydrogen) atoms. The molecule has 0 saturated heterocycles. The van der Waals surface area contributed by atoms with E-state index >= 15 is 0 Å². The molecular formula is C14H12ClF2N3O. The largest absolute Gasteiger partial charge is 0.341 e. The van der Waals surface area contributed by atoms with Crippen LogP contribution in [0.2, 0.25) is 5.02 Å². The summed E-state index contributed by atoms with van der Waals surface area (Å²) < 4.78 is 25.4. The maximum atomic E-state index is 12.5. The second kappa shape index (κ2) is 5.11. The quantitative estimate of drug-likeness (QED) is 0.941. The molecule has 1 N–H and O–H groups in total. The van der Waals surface area contributed by atoms with Crippen LogP contribution in [0.1, 0.15) is 35.4 Å². The Morgan fingerprint density at radius 1 is 1.29 bits per heavy atom. The monoisotopic (exact) mass is 311 g/mol. The van der Waals surface area contributed by atoms with Crippen LogP contribution in [0.5, 0.6) is 0 Å². The number of rotatable bonds is 4. The molecule has 0 unspecified atom stereocenters. The fourth-order valence-corrected chi connectivity index (χ4v) is 2.35. The van der Waals surface area contributed by atoms with Gasteiger partial charge in [-0.1, -0.05) is 23.7 Å². The molecule has 110 valence electrons. The SMILES string of the molecule is O=C(NC1(c2ccc(Cl)cc2)CC1)c1ccn(C(F)F)n1. The van der Waals surface area contributed by atoms with Crippen molar-refractivity contribution in [1.82, 2.24) is 15.1 Å². The van der Waals surface area contributed by atoms with Gasteiger partial charge in [-0.25, -0.2) is 4.68 Å². The van der Waals surface area contributed by atoms with Gasteiger partial charge in [0.2, 0.25) is 0 Å². The number of alkyl halides is 2. The lowest BCUT2D eigenvalue weighted by atomic mass is 10.0. The van der Waals surface area contributed by atoms with E-state index in [4.69, 9.17) is 11.6 Å². The van der Waals surface area contributed by atoms with Gasteiger partial charge in [-0.05, 0) is 36.6 Å². The van der Waals surface area contributed by atoms with Gasteiger partial charge in [-0.15, -0.1) is 0 Å². The molecule has 1 aromatic heterocycles. The van der Waals surface area contributed by atoms with Crippen LogP contribution in [0.25, 0.3) is 0 Å². The van der Waals surface area contributed by atoms with Gasteiger partial charge in [0.05, 0.1) is 5.54 Å². The van der Waals surface area contributed by atoms with E-state index in [1.54, 1.807) is 12.1 Å². The molecule has 0 aliphatic heterocycles. The number of carbonyl (C=O) groups excluding carboxylic acids is 1. The predicted molar refractivity (Wildman–Crippen MR) is 73.3 cm³/mol. The van der Waals surface area contributed by atoms with E-state index in [1.165, 1.54) is 6.07 Å². The number of carbonyl (C=O) groups is 1. The molecule has 0 bridgehead atoms. The smallest absolute Gasteiger partial charge is 0.333 e. The van der Waals surface area contributed by atoms with Crippen molar-refractivity contribution in [3.63, 3.8) is 0 Å². The van der Waals surface area contributed by atoms with Crippen LogP contribution in [-0.2, 0) is 5.54 Å². The third kappa shape index (κ3) is 2.76. The molecule has 0 atom stereocenters. The van der Waals surface area contributed by atoms with Gasteiger partial charge in [0.25, 0.3) is 5.91 Å². The minimum Gasteiger partial charge on any atom is -0.341 e. The van der Waals surface area contributed by atoms with Crippen molar-refractivity contribution >= 4 is 17.5 Å². The Morgan fingerprint density at radius 2 is 1.95 bits per heavy atom. The van der Waals surface area contributed by atoms with E-state index in [0.29, 0.717) is 9.70 Å². The summed E-state index contributed by atoms with van der Waals surface area (Å²) in [5.41, 5.74) is 0.500. The third-order valence-corrected chi connectivity index (χ3v) is 3.79. The lowest BCUT2D eigenvalue weighted by molar-refractivity contribution is 0.0559. The van der Waals surface area contributed by atoms with Gasteiger partial charge in [0, 0.05) is 11.2 Å². The summed E-state index contributed by atoms with van der Waals surface area (Å²) in [5, 5.41) is 7.05. The van der Waals surface area contributed by atoms with Crippen LogP contribution in [-0.4, -0.2) is 15.7 Å². The molecule has 0 radical (unpaired) electrons. The van der Waals surface area contributed by atoms with Gasteiger partial charge in [-0.2, -0.15) is 13.9 Å². The first-order chi connectivity index (χ1) is 10.00. The Bertz CT molecular complexity index is 665. The predicted octanol–water partition coefficient (Wildman–Crippen LogP) is 3.35. The number of nitrogens with one attached hydrogen (secondary N) is 1. The second-order valence-electron chi connectivity index (χ2n) is 5.00. The van der Waals surface area contributed by atoms with Gasteiger partial charge in [0.1, 0.15) is 5.69 Å². The maximum Gasteiger partial charge on any atom is 0.333 e. The summed E-state index contributed by atoms with van der Waals surface area (Å²) in [6.07, 6.45) is 2.69. The number of nitrogens with zero attached hydrogens (tertiary/aromatic N) is 2. The Morgan fingerprint density at radius 3 is 2.48 bits per heavy atom. The van der Waals surface area contributed by atoms with Gasteiger partial charge < -0.3 is 5.32 Å². The van der Waals surface area contributed by atoms with Crippen LogP contribution in [0, 0.1) is 0 Å². The molecule has 1 saturated carbocycles.